The fourth-order valence-electron chi connectivity index (χ4n) is 2.32. The van der Waals surface area contributed by atoms with Crippen molar-refractivity contribution in [2.45, 2.75) is 0 Å². The van der Waals surface area contributed by atoms with Gasteiger partial charge in [0.15, 0.2) is 5.13 Å². The van der Waals surface area contributed by atoms with Gasteiger partial charge in [-0.15, -0.1) is 0 Å². The van der Waals surface area contributed by atoms with Crippen LogP contribution in [0, 0.1) is 5.82 Å². The van der Waals surface area contributed by atoms with Crippen molar-refractivity contribution in [1.82, 2.24) is 4.98 Å². The normalized spacial score (nSPS) is 15.3. The molecule has 0 bridgehead atoms. The Balaban J connectivity index is 1.64. The lowest BCUT2D eigenvalue weighted by molar-refractivity contribution is 0.0702. The molecule has 0 aliphatic carbocycles. The first-order chi connectivity index (χ1) is 10.1. The highest BCUT2D eigenvalue weighted by Gasteiger charge is 2.20. The molecule has 0 unspecified atom stereocenters. The van der Waals surface area contributed by atoms with Crippen molar-refractivity contribution in [3.8, 4) is 0 Å². The van der Waals surface area contributed by atoms with Crippen LogP contribution in [0.3, 0.4) is 0 Å². The van der Waals surface area contributed by atoms with E-state index in [-0.39, 0.29) is 10.7 Å². The van der Waals surface area contributed by atoms with E-state index in [2.05, 4.69) is 14.8 Å². The van der Waals surface area contributed by atoms with Crippen molar-refractivity contribution in [2.24, 2.45) is 0 Å². The zero-order chi connectivity index (χ0) is 14.8. The highest BCUT2D eigenvalue weighted by atomic mass is 32.1. The van der Waals surface area contributed by atoms with Crippen LogP contribution in [-0.2, 0) is 0 Å². The lowest BCUT2D eigenvalue weighted by atomic mass is 10.2. The van der Waals surface area contributed by atoms with Crippen molar-refractivity contribution in [1.29, 1.82) is 0 Å². The van der Waals surface area contributed by atoms with Gasteiger partial charge >= 0.3 is 5.97 Å². The molecular weight excluding hydrogens is 293 g/mol. The van der Waals surface area contributed by atoms with Gasteiger partial charge in [-0.3, -0.25) is 0 Å². The van der Waals surface area contributed by atoms with Gasteiger partial charge in [-0.25, -0.2) is 14.2 Å². The third-order valence-electron chi connectivity index (χ3n) is 3.45. The molecule has 1 aromatic carbocycles. The monoisotopic (exact) mass is 307 g/mol. The number of piperazine rings is 1. The van der Waals surface area contributed by atoms with Gasteiger partial charge in [0, 0.05) is 31.9 Å². The van der Waals surface area contributed by atoms with E-state index in [1.807, 2.05) is 0 Å². The number of carbonyl (C=O) groups is 1. The van der Waals surface area contributed by atoms with E-state index in [1.54, 1.807) is 12.1 Å². The number of aromatic carboxylic acids is 1. The maximum atomic E-state index is 12.9. The number of carboxylic acids is 1. The summed E-state index contributed by atoms with van der Waals surface area (Å²) in [5.41, 5.74) is 1.00. The summed E-state index contributed by atoms with van der Waals surface area (Å²) in [7, 11) is 0. The minimum absolute atomic E-state index is 0.235. The minimum Gasteiger partial charge on any atom is -0.477 e. The molecular formula is C14H14FN3O2S. The summed E-state index contributed by atoms with van der Waals surface area (Å²) >= 11 is 1.19. The van der Waals surface area contributed by atoms with Crippen LogP contribution in [0.2, 0.25) is 0 Å². The quantitative estimate of drug-likeness (QED) is 0.943. The molecule has 1 aliphatic heterocycles. The number of thiazole rings is 1. The number of halogens is 1. The van der Waals surface area contributed by atoms with Crippen LogP contribution in [0.15, 0.2) is 30.5 Å². The summed E-state index contributed by atoms with van der Waals surface area (Å²) in [4.78, 5) is 19.6. The number of nitrogens with zero attached hydrogens (tertiary/aromatic N) is 3. The molecule has 0 atom stereocenters. The third kappa shape index (κ3) is 2.97. The largest absolute Gasteiger partial charge is 0.477 e. The molecule has 0 radical (unpaired) electrons. The Morgan fingerprint density at radius 3 is 2.33 bits per heavy atom. The number of carboxylic acid groups (broad SMARTS) is 1. The second-order valence-corrected chi connectivity index (χ2v) is 5.77. The van der Waals surface area contributed by atoms with E-state index < -0.39 is 5.97 Å². The summed E-state index contributed by atoms with van der Waals surface area (Å²) in [6, 6.07) is 6.47. The Hall–Kier alpha value is -2.15. The molecule has 0 saturated carbocycles. The summed E-state index contributed by atoms with van der Waals surface area (Å²) in [6.45, 7) is 3.13. The fourth-order valence-corrected chi connectivity index (χ4v) is 3.12. The van der Waals surface area contributed by atoms with Gasteiger partial charge in [-0.1, -0.05) is 11.3 Å². The van der Waals surface area contributed by atoms with Crippen LogP contribution >= 0.6 is 11.3 Å². The number of rotatable bonds is 3. The van der Waals surface area contributed by atoms with E-state index in [4.69, 9.17) is 5.11 Å². The summed E-state index contributed by atoms with van der Waals surface area (Å²) in [6.07, 6.45) is 1.40. The predicted molar refractivity (Wildman–Crippen MR) is 79.9 cm³/mol. The molecule has 110 valence electrons. The smallest absolute Gasteiger partial charge is 0.347 e. The Morgan fingerprint density at radius 1 is 1.14 bits per heavy atom. The number of aromatic nitrogens is 1. The van der Waals surface area contributed by atoms with Crippen molar-refractivity contribution in [3.05, 3.63) is 41.2 Å². The van der Waals surface area contributed by atoms with Crippen molar-refractivity contribution < 1.29 is 14.3 Å². The van der Waals surface area contributed by atoms with Crippen LogP contribution < -0.4 is 9.80 Å². The van der Waals surface area contributed by atoms with Gasteiger partial charge in [-0.2, -0.15) is 0 Å². The van der Waals surface area contributed by atoms with E-state index in [0.717, 1.165) is 37.0 Å². The molecule has 2 aromatic rings. The number of hydrogen-bond acceptors (Lipinski definition) is 5. The minimum atomic E-state index is -0.941. The second-order valence-electron chi connectivity index (χ2n) is 4.76. The molecule has 7 heteroatoms. The topological polar surface area (TPSA) is 56.7 Å². The van der Waals surface area contributed by atoms with Crippen molar-refractivity contribution >= 4 is 28.1 Å². The standard InChI is InChI=1S/C14H14FN3O2S/c15-10-1-3-11(4-2-10)17-5-7-18(8-6-17)14-16-9-12(21-14)13(19)20/h1-4,9H,5-8H2,(H,19,20). The van der Waals surface area contributed by atoms with Gasteiger partial charge in [0.25, 0.3) is 0 Å². The molecule has 1 aliphatic rings. The molecule has 1 aromatic heterocycles. The van der Waals surface area contributed by atoms with Gasteiger partial charge in [-0.05, 0) is 24.3 Å². The van der Waals surface area contributed by atoms with E-state index in [1.165, 1.54) is 29.7 Å². The third-order valence-corrected chi connectivity index (χ3v) is 4.49. The van der Waals surface area contributed by atoms with E-state index >= 15 is 0 Å². The zero-order valence-electron chi connectivity index (χ0n) is 11.2. The Kier molecular flexibility index (Phi) is 3.74. The zero-order valence-corrected chi connectivity index (χ0v) is 12.0. The molecule has 5 nitrogen and oxygen atoms in total. The highest BCUT2D eigenvalue weighted by Crippen LogP contribution is 2.25. The Bertz CT molecular complexity index is 636. The van der Waals surface area contributed by atoms with Crippen LogP contribution in [0.25, 0.3) is 0 Å². The first-order valence-electron chi connectivity index (χ1n) is 6.58. The van der Waals surface area contributed by atoms with E-state index in [0.29, 0.717) is 0 Å². The maximum absolute atomic E-state index is 12.9. The van der Waals surface area contributed by atoms with Crippen LogP contribution in [-0.4, -0.2) is 42.2 Å². The summed E-state index contributed by atoms with van der Waals surface area (Å²) in [5.74, 6) is -1.18. The van der Waals surface area contributed by atoms with Gasteiger partial charge in [0.1, 0.15) is 10.7 Å². The van der Waals surface area contributed by atoms with Gasteiger partial charge in [0.05, 0.1) is 6.20 Å². The number of benzene rings is 1. The van der Waals surface area contributed by atoms with Gasteiger partial charge < -0.3 is 14.9 Å². The average molecular weight is 307 g/mol. The molecule has 1 N–H and O–H groups in total. The molecule has 1 saturated heterocycles. The Labute approximate surface area is 125 Å². The van der Waals surface area contributed by atoms with Crippen molar-refractivity contribution in [2.75, 3.05) is 36.0 Å². The lowest BCUT2D eigenvalue weighted by Crippen LogP contribution is -2.46. The predicted octanol–water partition coefficient (Wildman–Crippen LogP) is 2.31. The van der Waals surface area contributed by atoms with Crippen LogP contribution in [0.5, 0.6) is 0 Å². The SMILES string of the molecule is O=C(O)c1cnc(N2CCN(c3ccc(F)cc3)CC2)s1. The average Bonchev–Trinajstić information content (AvgIpc) is 2.98. The second kappa shape index (κ2) is 5.69. The first kappa shape index (κ1) is 13.8. The van der Waals surface area contributed by atoms with Crippen LogP contribution in [0.1, 0.15) is 9.67 Å². The van der Waals surface area contributed by atoms with Gasteiger partial charge in [0.2, 0.25) is 0 Å². The van der Waals surface area contributed by atoms with Crippen LogP contribution in [0.4, 0.5) is 15.2 Å². The fraction of sp³-hybridized carbons (Fsp3) is 0.286. The molecule has 0 amide bonds. The molecule has 1 fully saturated rings. The van der Waals surface area contributed by atoms with Crippen molar-refractivity contribution in [3.63, 3.8) is 0 Å². The molecule has 2 heterocycles. The highest BCUT2D eigenvalue weighted by molar-refractivity contribution is 7.17. The molecule has 0 spiro atoms. The Morgan fingerprint density at radius 2 is 1.76 bits per heavy atom. The number of hydrogen-bond donors (Lipinski definition) is 1. The molecule has 3 rings (SSSR count). The number of anilines is 2. The summed E-state index contributed by atoms with van der Waals surface area (Å²) < 4.78 is 12.9. The first-order valence-corrected chi connectivity index (χ1v) is 7.40. The molecule has 21 heavy (non-hydrogen) atoms. The maximum Gasteiger partial charge on any atom is 0.347 e. The summed E-state index contributed by atoms with van der Waals surface area (Å²) in [5, 5.41) is 9.66. The van der Waals surface area contributed by atoms with E-state index in [9.17, 15) is 9.18 Å². The lowest BCUT2D eigenvalue weighted by Gasteiger charge is -2.35.